The SMILES string of the molecule is NN(C(=O)c1ccc(Br)cc1)C(=O)c1ccc(Br)c(F)c1. The van der Waals surface area contributed by atoms with Gasteiger partial charge in [-0.05, 0) is 58.4 Å². The summed E-state index contributed by atoms with van der Waals surface area (Å²) in [5.74, 6) is 3.48. The summed E-state index contributed by atoms with van der Waals surface area (Å²) in [5.41, 5.74) is 0.246. The third kappa shape index (κ3) is 3.55. The van der Waals surface area contributed by atoms with Crippen LogP contribution in [0.5, 0.6) is 0 Å². The van der Waals surface area contributed by atoms with Crippen molar-refractivity contribution in [3.05, 3.63) is 68.4 Å². The minimum Gasteiger partial charge on any atom is -0.267 e. The standard InChI is InChI=1S/C14H9Br2FN2O2/c15-10-4-1-8(2-5-10)13(20)19(18)14(21)9-3-6-11(16)12(17)7-9/h1-7H,18H2. The van der Waals surface area contributed by atoms with Crippen LogP contribution >= 0.6 is 31.9 Å². The van der Waals surface area contributed by atoms with Crippen LogP contribution in [-0.2, 0) is 0 Å². The van der Waals surface area contributed by atoms with E-state index in [0.29, 0.717) is 5.01 Å². The zero-order chi connectivity index (χ0) is 15.6. The quantitative estimate of drug-likeness (QED) is 0.353. The highest BCUT2D eigenvalue weighted by atomic mass is 79.9. The van der Waals surface area contributed by atoms with Gasteiger partial charge in [0.1, 0.15) is 5.82 Å². The summed E-state index contributed by atoms with van der Waals surface area (Å²) in [6.45, 7) is 0. The van der Waals surface area contributed by atoms with E-state index in [2.05, 4.69) is 31.9 Å². The Labute approximate surface area is 137 Å². The van der Waals surface area contributed by atoms with Gasteiger partial charge in [0.25, 0.3) is 11.8 Å². The molecule has 7 heteroatoms. The zero-order valence-corrected chi connectivity index (χ0v) is 13.7. The van der Waals surface area contributed by atoms with E-state index in [1.807, 2.05) is 0 Å². The molecule has 21 heavy (non-hydrogen) atoms. The van der Waals surface area contributed by atoms with E-state index in [4.69, 9.17) is 5.84 Å². The monoisotopic (exact) mass is 414 g/mol. The van der Waals surface area contributed by atoms with Crippen molar-refractivity contribution in [2.24, 2.45) is 5.84 Å². The highest BCUT2D eigenvalue weighted by Gasteiger charge is 2.21. The van der Waals surface area contributed by atoms with Crippen LogP contribution < -0.4 is 5.84 Å². The maximum atomic E-state index is 13.4. The normalized spacial score (nSPS) is 10.3. The summed E-state index contributed by atoms with van der Waals surface area (Å²) in [5, 5.41) is 0.464. The van der Waals surface area contributed by atoms with Crippen LogP contribution in [0, 0.1) is 5.82 Å². The van der Waals surface area contributed by atoms with Crippen LogP contribution in [0.25, 0.3) is 0 Å². The van der Waals surface area contributed by atoms with Crippen LogP contribution in [0.2, 0.25) is 0 Å². The predicted octanol–water partition coefficient (Wildman–Crippen LogP) is 3.51. The van der Waals surface area contributed by atoms with Crippen molar-refractivity contribution in [1.82, 2.24) is 5.01 Å². The van der Waals surface area contributed by atoms with Crippen molar-refractivity contribution in [3.8, 4) is 0 Å². The number of hydrogen-bond donors (Lipinski definition) is 1. The number of nitrogens with two attached hydrogens (primary N) is 1. The number of hydrazine groups is 1. The fraction of sp³-hybridized carbons (Fsp3) is 0. The van der Waals surface area contributed by atoms with E-state index >= 15 is 0 Å². The molecule has 2 rings (SSSR count). The van der Waals surface area contributed by atoms with Crippen molar-refractivity contribution in [2.75, 3.05) is 0 Å². The van der Waals surface area contributed by atoms with Crippen molar-refractivity contribution < 1.29 is 14.0 Å². The number of benzene rings is 2. The highest BCUT2D eigenvalue weighted by Crippen LogP contribution is 2.18. The molecule has 2 aromatic rings. The second-order valence-corrected chi connectivity index (χ2v) is 5.89. The average molecular weight is 416 g/mol. The van der Waals surface area contributed by atoms with Crippen LogP contribution in [-0.4, -0.2) is 16.8 Å². The third-order valence-electron chi connectivity index (χ3n) is 2.70. The summed E-state index contributed by atoms with van der Waals surface area (Å²) in [4.78, 5) is 24.2. The Morgan fingerprint density at radius 1 is 0.952 bits per heavy atom. The molecule has 0 saturated carbocycles. The Kier molecular flexibility index (Phi) is 4.87. The topological polar surface area (TPSA) is 63.4 Å². The molecular formula is C14H9Br2FN2O2. The largest absolute Gasteiger partial charge is 0.275 e. The maximum Gasteiger partial charge on any atom is 0.275 e. The summed E-state index contributed by atoms with van der Waals surface area (Å²) < 4.78 is 14.4. The van der Waals surface area contributed by atoms with Gasteiger partial charge in [0, 0.05) is 15.6 Å². The number of amides is 2. The van der Waals surface area contributed by atoms with E-state index in [1.165, 1.54) is 24.3 Å². The molecule has 0 saturated heterocycles. The number of halogens is 3. The van der Waals surface area contributed by atoms with Crippen LogP contribution in [0.3, 0.4) is 0 Å². The molecule has 108 valence electrons. The number of carbonyl (C=O) groups excluding carboxylic acids is 2. The van der Waals surface area contributed by atoms with E-state index in [9.17, 15) is 14.0 Å². The van der Waals surface area contributed by atoms with Gasteiger partial charge in [-0.3, -0.25) is 9.59 Å². The predicted molar refractivity (Wildman–Crippen MR) is 82.9 cm³/mol. The lowest BCUT2D eigenvalue weighted by molar-refractivity contribution is 0.0615. The van der Waals surface area contributed by atoms with Crippen molar-refractivity contribution in [2.45, 2.75) is 0 Å². The van der Waals surface area contributed by atoms with Gasteiger partial charge in [-0.25, -0.2) is 15.2 Å². The zero-order valence-electron chi connectivity index (χ0n) is 10.5. The summed E-state index contributed by atoms with van der Waals surface area (Å²) in [7, 11) is 0. The van der Waals surface area contributed by atoms with E-state index in [0.717, 1.165) is 10.5 Å². The second kappa shape index (κ2) is 6.46. The molecule has 0 atom stereocenters. The van der Waals surface area contributed by atoms with E-state index in [1.54, 1.807) is 12.1 Å². The summed E-state index contributed by atoms with van der Waals surface area (Å²) in [6.07, 6.45) is 0. The molecule has 0 aliphatic rings. The molecule has 0 radical (unpaired) electrons. The fourth-order valence-corrected chi connectivity index (χ4v) is 2.10. The number of hydrogen-bond acceptors (Lipinski definition) is 3. The molecule has 2 amide bonds. The molecule has 0 heterocycles. The minimum atomic E-state index is -0.783. The molecule has 0 spiro atoms. The average Bonchev–Trinajstić information content (AvgIpc) is 2.48. The van der Waals surface area contributed by atoms with E-state index in [-0.39, 0.29) is 15.6 Å². The second-order valence-electron chi connectivity index (χ2n) is 4.12. The lowest BCUT2D eigenvalue weighted by atomic mass is 10.1. The Balaban J connectivity index is 2.24. The van der Waals surface area contributed by atoms with Gasteiger partial charge in [-0.2, -0.15) is 0 Å². The van der Waals surface area contributed by atoms with Crippen LogP contribution in [0.15, 0.2) is 51.4 Å². The van der Waals surface area contributed by atoms with E-state index < -0.39 is 17.6 Å². The lowest BCUT2D eigenvalue weighted by Gasteiger charge is -2.15. The van der Waals surface area contributed by atoms with Crippen LogP contribution in [0.4, 0.5) is 4.39 Å². The van der Waals surface area contributed by atoms with Gasteiger partial charge in [0.05, 0.1) is 4.47 Å². The molecule has 4 nitrogen and oxygen atoms in total. The highest BCUT2D eigenvalue weighted by molar-refractivity contribution is 9.10. The molecule has 0 aliphatic heterocycles. The third-order valence-corrected chi connectivity index (χ3v) is 3.87. The number of carbonyl (C=O) groups is 2. The van der Waals surface area contributed by atoms with Gasteiger partial charge in [-0.15, -0.1) is 0 Å². The van der Waals surface area contributed by atoms with Gasteiger partial charge < -0.3 is 0 Å². The first kappa shape index (κ1) is 15.8. The van der Waals surface area contributed by atoms with Crippen molar-refractivity contribution in [1.29, 1.82) is 0 Å². The summed E-state index contributed by atoms with van der Waals surface area (Å²) >= 11 is 6.23. The molecular weight excluding hydrogens is 407 g/mol. The van der Waals surface area contributed by atoms with Gasteiger partial charge in [0.15, 0.2) is 0 Å². The Bertz CT molecular complexity index is 705. The van der Waals surface area contributed by atoms with Crippen molar-refractivity contribution >= 4 is 43.7 Å². The Hall–Kier alpha value is -1.57. The van der Waals surface area contributed by atoms with Gasteiger partial charge >= 0.3 is 0 Å². The van der Waals surface area contributed by atoms with Gasteiger partial charge in [-0.1, -0.05) is 15.9 Å². The molecule has 0 aliphatic carbocycles. The van der Waals surface area contributed by atoms with Crippen molar-refractivity contribution in [3.63, 3.8) is 0 Å². The first-order valence-electron chi connectivity index (χ1n) is 5.74. The molecule has 0 aromatic heterocycles. The fourth-order valence-electron chi connectivity index (χ4n) is 1.59. The molecule has 0 fully saturated rings. The molecule has 2 aromatic carbocycles. The molecule has 0 bridgehead atoms. The number of imide groups is 1. The first-order chi connectivity index (χ1) is 9.90. The first-order valence-corrected chi connectivity index (χ1v) is 7.33. The number of rotatable bonds is 2. The molecule has 0 unspecified atom stereocenters. The lowest BCUT2D eigenvalue weighted by Crippen LogP contribution is -2.42. The maximum absolute atomic E-state index is 13.4. The smallest absolute Gasteiger partial charge is 0.267 e. The minimum absolute atomic E-state index is 0.0105. The molecule has 2 N–H and O–H groups in total. The Morgan fingerprint density at radius 3 is 2.05 bits per heavy atom. The van der Waals surface area contributed by atoms with Gasteiger partial charge in [0.2, 0.25) is 0 Å². The summed E-state index contributed by atoms with van der Waals surface area (Å²) in [6, 6.07) is 10.1. The number of nitrogens with zero attached hydrogens (tertiary/aromatic N) is 1. The van der Waals surface area contributed by atoms with Crippen LogP contribution in [0.1, 0.15) is 20.7 Å². The Morgan fingerprint density at radius 2 is 1.48 bits per heavy atom.